The zero-order chi connectivity index (χ0) is 22.4. The molecule has 0 spiro atoms. The molecule has 0 aliphatic carbocycles. The van der Waals surface area contributed by atoms with Crippen molar-refractivity contribution in [3.05, 3.63) is 105 Å². The van der Waals surface area contributed by atoms with Crippen LogP contribution in [-0.2, 0) is 11.3 Å². The molecule has 1 atom stereocenters. The zero-order valence-corrected chi connectivity index (χ0v) is 17.9. The van der Waals surface area contributed by atoms with Gasteiger partial charge in [-0.25, -0.2) is 4.39 Å². The van der Waals surface area contributed by atoms with Crippen LogP contribution in [0.5, 0.6) is 0 Å². The first kappa shape index (κ1) is 20.2. The number of carbonyl (C=O) groups is 2. The number of aliphatic hydroxyl groups is 1. The molecule has 3 heterocycles. The lowest BCUT2D eigenvalue weighted by molar-refractivity contribution is -0.130. The van der Waals surface area contributed by atoms with E-state index in [1.54, 1.807) is 29.6 Å². The van der Waals surface area contributed by atoms with Gasteiger partial charge in [0.1, 0.15) is 5.82 Å². The Morgan fingerprint density at radius 1 is 1.12 bits per heavy atom. The Morgan fingerprint density at radius 2 is 1.88 bits per heavy atom. The first-order valence-electron chi connectivity index (χ1n) is 10.1. The van der Waals surface area contributed by atoms with Gasteiger partial charge in [-0.05, 0) is 42.1 Å². The number of rotatable bonds is 5. The average Bonchev–Trinajstić information content (AvgIpc) is 3.48. The molecular weight excluding hydrogens is 427 g/mol. The fourth-order valence-corrected chi connectivity index (χ4v) is 5.00. The van der Waals surface area contributed by atoms with Crippen molar-refractivity contribution in [3.8, 4) is 0 Å². The number of thiophene rings is 1. The van der Waals surface area contributed by atoms with Crippen LogP contribution in [-0.4, -0.2) is 26.7 Å². The highest BCUT2D eigenvalue weighted by Gasteiger charge is 2.45. The summed E-state index contributed by atoms with van der Waals surface area (Å²) in [6, 6.07) is 16.2. The zero-order valence-electron chi connectivity index (χ0n) is 17.1. The maximum Gasteiger partial charge on any atom is 0.290 e. The molecule has 0 radical (unpaired) electrons. The number of aromatic nitrogens is 1. The van der Waals surface area contributed by atoms with E-state index in [2.05, 4.69) is 4.98 Å². The fraction of sp³-hybridized carbons (Fsp3) is 0.120. The summed E-state index contributed by atoms with van der Waals surface area (Å²) in [6.07, 6.45) is 0. The van der Waals surface area contributed by atoms with Crippen LogP contribution < -0.4 is 0 Å². The van der Waals surface area contributed by atoms with Crippen LogP contribution in [0.1, 0.15) is 32.5 Å². The number of Topliss-reactive ketones (excluding diaryl/α,β-unsaturated/α-hetero) is 1. The van der Waals surface area contributed by atoms with E-state index in [0.717, 1.165) is 22.2 Å². The Labute approximate surface area is 187 Å². The molecule has 2 N–H and O–H groups in total. The summed E-state index contributed by atoms with van der Waals surface area (Å²) in [7, 11) is 0. The van der Waals surface area contributed by atoms with Crippen molar-refractivity contribution in [1.82, 2.24) is 9.88 Å². The summed E-state index contributed by atoms with van der Waals surface area (Å²) in [5.74, 6) is -1.91. The largest absolute Gasteiger partial charge is 0.503 e. The maximum absolute atomic E-state index is 13.4. The Kier molecular flexibility index (Phi) is 4.90. The number of hydrogen-bond acceptors (Lipinski definition) is 4. The molecule has 32 heavy (non-hydrogen) atoms. The number of nitrogens with zero attached hydrogens (tertiary/aromatic N) is 1. The van der Waals surface area contributed by atoms with Gasteiger partial charge in [0.15, 0.2) is 5.76 Å². The summed E-state index contributed by atoms with van der Waals surface area (Å²) in [4.78, 5) is 31.9. The monoisotopic (exact) mass is 446 g/mol. The number of para-hydroxylation sites is 1. The van der Waals surface area contributed by atoms with Gasteiger partial charge in [0, 0.05) is 28.7 Å². The van der Waals surface area contributed by atoms with Gasteiger partial charge in [0.05, 0.1) is 16.5 Å². The first-order chi connectivity index (χ1) is 15.5. The number of halogens is 1. The van der Waals surface area contributed by atoms with Gasteiger partial charge in [-0.2, -0.15) is 0 Å². The van der Waals surface area contributed by atoms with Crippen molar-refractivity contribution >= 4 is 33.9 Å². The number of aliphatic hydroxyl groups excluding tert-OH is 1. The predicted molar refractivity (Wildman–Crippen MR) is 121 cm³/mol. The number of benzene rings is 2. The number of H-pyrrole nitrogens is 1. The molecule has 0 saturated carbocycles. The maximum atomic E-state index is 13.4. The molecule has 1 aliphatic heterocycles. The van der Waals surface area contributed by atoms with Crippen LogP contribution >= 0.6 is 11.3 Å². The number of nitrogens with one attached hydrogen (secondary N) is 1. The number of aryl methyl sites for hydroxylation is 1. The lowest BCUT2D eigenvalue weighted by Gasteiger charge is -2.27. The Bertz CT molecular complexity index is 1370. The quantitative estimate of drug-likeness (QED) is 0.400. The summed E-state index contributed by atoms with van der Waals surface area (Å²) >= 11 is 1.26. The van der Waals surface area contributed by atoms with Crippen LogP contribution in [0.25, 0.3) is 10.9 Å². The summed E-state index contributed by atoms with van der Waals surface area (Å²) in [5.41, 5.74) is 3.20. The van der Waals surface area contributed by atoms with Gasteiger partial charge in [0.25, 0.3) is 5.91 Å². The Morgan fingerprint density at radius 3 is 2.59 bits per heavy atom. The number of amides is 1. The van der Waals surface area contributed by atoms with E-state index >= 15 is 0 Å². The standard InChI is InChI=1S/C25H19FN2O3S/c1-14-20(17-5-2-3-6-18(17)27-14)22-21(23(29)19-7-4-12-32-19)24(30)25(31)28(22)13-15-8-10-16(26)11-9-15/h2-12,22,27,30H,13H2,1H3. The molecule has 2 aromatic carbocycles. The van der Waals surface area contributed by atoms with Crippen LogP contribution in [0.4, 0.5) is 4.39 Å². The highest BCUT2D eigenvalue weighted by atomic mass is 32.1. The molecule has 2 aromatic heterocycles. The van der Waals surface area contributed by atoms with Crippen LogP contribution in [0.2, 0.25) is 0 Å². The molecule has 4 aromatic rings. The van der Waals surface area contributed by atoms with E-state index in [1.807, 2.05) is 31.2 Å². The van der Waals surface area contributed by atoms with E-state index < -0.39 is 17.7 Å². The molecule has 0 bridgehead atoms. The summed E-state index contributed by atoms with van der Waals surface area (Å²) < 4.78 is 13.4. The SMILES string of the molecule is Cc1[nH]c2ccccc2c1C1C(C(=O)c2cccs2)=C(O)C(=O)N1Cc1ccc(F)cc1. The molecule has 5 rings (SSSR count). The molecule has 1 amide bonds. The number of carbonyl (C=O) groups excluding carboxylic acids is 2. The first-order valence-corrected chi connectivity index (χ1v) is 11.0. The molecule has 7 heteroatoms. The summed E-state index contributed by atoms with van der Waals surface area (Å²) in [5, 5.41) is 13.5. The predicted octanol–water partition coefficient (Wildman–Crippen LogP) is 5.46. The highest BCUT2D eigenvalue weighted by molar-refractivity contribution is 7.12. The highest BCUT2D eigenvalue weighted by Crippen LogP contribution is 2.44. The van der Waals surface area contributed by atoms with Crippen molar-refractivity contribution in [1.29, 1.82) is 0 Å². The van der Waals surface area contributed by atoms with Gasteiger partial charge in [-0.1, -0.05) is 36.4 Å². The molecule has 1 aliphatic rings. The molecule has 1 unspecified atom stereocenters. The van der Waals surface area contributed by atoms with Crippen LogP contribution in [0.3, 0.4) is 0 Å². The van der Waals surface area contributed by atoms with Gasteiger partial charge < -0.3 is 15.0 Å². The van der Waals surface area contributed by atoms with E-state index in [4.69, 9.17) is 0 Å². The third-order valence-electron chi connectivity index (χ3n) is 5.78. The topological polar surface area (TPSA) is 73.4 Å². The third-order valence-corrected chi connectivity index (χ3v) is 6.64. The smallest absolute Gasteiger partial charge is 0.290 e. The molecule has 0 fully saturated rings. The van der Waals surface area contributed by atoms with E-state index in [0.29, 0.717) is 10.4 Å². The Balaban J connectivity index is 1.68. The van der Waals surface area contributed by atoms with Crippen molar-refractivity contribution in [2.24, 2.45) is 0 Å². The van der Waals surface area contributed by atoms with Crippen molar-refractivity contribution in [2.75, 3.05) is 0 Å². The third kappa shape index (κ3) is 3.22. The average molecular weight is 447 g/mol. The molecule has 0 saturated heterocycles. The van der Waals surface area contributed by atoms with Gasteiger partial charge in [-0.3, -0.25) is 9.59 Å². The second-order valence-electron chi connectivity index (χ2n) is 7.74. The fourth-order valence-electron chi connectivity index (χ4n) is 4.33. The minimum Gasteiger partial charge on any atom is -0.503 e. The van der Waals surface area contributed by atoms with Crippen molar-refractivity contribution in [2.45, 2.75) is 19.5 Å². The van der Waals surface area contributed by atoms with Crippen LogP contribution in [0.15, 0.2) is 77.4 Å². The van der Waals surface area contributed by atoms with Gasteiger partial charge >= 0.3 is 0 Å². The second-order valence-corrected chi connectivity index (χ2v) is 8.69. The lowest BCUT2D eigenvalue weighted by Crippen LogP contribution is -2.31. The van der Waals surface area contributed by atoms with E-state index in [-0.39, 0.29) is 23.7 Å². The molecule has 5 nitrogen and oxygen atoms in total. The summed E-state index contributed by atoms with van der Waals surface area (Å²) in [6.45, 7) is 2.01. The van der Waals surface area contributed by atoms with Gasteiger partial charge in [-0.15, -0.1) is 11.3 Å². The normalized spacial score (nSPS) is 16.4. The van der Waals surface area contributed by atoms with Crippen LogP contribution in [0, 0.1) is 12.7 Å². The second kappa shape index (κ2) is 7.76. The number of aromatic amines is 1. The molecule has 160 valence electrons. The lowest BCUT2D eigenvalue weighted by atomic mass is 9.93. The number of hydrogen-bond donors (Lipinski definition) is 2. The van der Waals surface area contributed by atoms with Gasteiger partial charge in [0.2, 0.25) is 5.78 Å². The van der Waals surface area contributed by atoms with Crippen molar-refractivity contribution in [3.63, 3.8) is 0 Å². The Hall–Kier alpha value is -3.71. The van der Waals surface area contributed by atoms with E-state index in [9.17, 15) is 19.1 Å². The minimum absolute atomic E-state index is 0.0624. The number of ketones is 1. The van der Waals surface area contributed by atoms with E-state index in [1.165, 1.54) is 28.4 Å². The number of fused-ring (bicyclic) bond motifs is 1. The van der Waals surface area contributed by atoms with Crippen molar-refractivity contribution < 1.29 is 19.1 Å². The minimum atomic E-state index is -0.779. The molecular formula is C25H19FN2O3S.